The molecule has 0 saturated carbocycles. The summed E-state index contributed by atoms with van der Waals surface area (Å²) in [6.07, 6.45) is 0.191. The molecule has 1 fully saturated rings. The number of aryl methyl sites for hydroxylation is 2. The summed E-state index contributed by atoms with van der Waals surface area (Å²) >= 11 is 0. The van der Waals surface area contributed by atoms with Crippen molar-refractivity contribution in [3.63, 3.8) is 0 Å². The van der Waals surface area contributed by atoms with Gasteiger partial charge in [-0.3, -0.25) is 4.79 Å². The maximum atomic E-state index is 13.3. The third kappa shape index (κ3) is 4.15. The minimum atomic E-state index is -0.394. The molecule has 5 nitrogen and oxygen atoms in total. The van der Waals surface area contributed by atoms with Crippen LogP contribution in [0.15, 0.2) is 42.5 Å². The number of hydrogen-bond acceptors (Lipinski definition) is 2. The van der Waals surface area contributed by atoms with Gasteiger partial charge in [0.25, 0.3) is 0 Å². The average molecular weight is 341 g/mol. The highest BCUT2D eigenvalue weighted by Gasteiger charge is 2.31. The van der Waals surface area contributed by atoms with Gasteiger partial charge in [-0.15, -0.1) is 0 Å². The standard InChI is InChI=1S/C19H20FN3O2/c1-12-6-13(2)8-15(7-12)21-19(25)22-16-10-18(24)23(11-16)17-5-3-4-14(20)9-17/h3-9,16H,10-11H2,1-2H3,(H2,21,22,25). The highest BCUT2D eigenvalue weighted by Crippen LogP contribution is 2.22. The third-order valence-corrected chi connectivity index (χ3v) is 4.06. The summed E-state index contributed by atoms with van der Waals surface area (Å²) < 4.78 is 13.3. The summed E-state index contributed by atoms with van der Waals surface area (Å²) in [7, 11) is 0. The van der Waals surface area contributed by atoms with Crippen LogP contribution in [0.4, 0.5) is 20.6 Å². The number of nitrogens with zero attached hydrogens (tertiary/aromatic N) is 1. The largest absolute Gasteiger partial charge is 0.333 e. The van der Waals surface area contributed by atoms with Crippen LogP contribution in [0.25, 0.3) is 0 Å². The Morgan fingerprint density at radius 3 is 2.56 bits per heavy atom. The molecule has 0 aliphatic carbocycles. The molecule has 2 N–H and O–H groups in total. The van der Waals surface area contributed by atoms with E-state index in [4.69, 9.17) is 0 Å². The maximum absolute atomic E-state index is 13.3. The number of urea groups is 1. The molecule has 3 amide bonds. The quantitative estimate of drug-likeness (QED) is 0.899. The van der Waals surface area contributed by atoms with E-state index in [0.717, 1.165) is 11.1 Å². The molecule has 1 saturated heterocycles. The third-order valence-electron chi connectivity index (χ3n) is 4.06. The number of nitrogens with one attached hydrogen (secondary N) is 2. The number of hydrogen-bond donors (Lipinski definition) is 2. The van der Waals surface area contributed by atoms with E-state index >= 15 is 0 Å². The number of anilines is 2. The molecule has 1 atom stereocenters. The highest BCUT2D eigenvalue weighted by atomic mass is 19.1. The molecule has 2 aromatic rings. The molecular weight excluding hydrogens is 321 g/mol. The van der Waals surface area contributed by atoms with E-state index in [1.807, 2.05) is 32.0 Å². The Labute approximate surface area is 145 Å². The van der Waals surface area contributed by atoms with Crippen LogP contribution in [0.3, 0.4) is 0 Å². The van der Waals surface area contributed by atoms with Crippen LogP contribution in [0.2, 0.25) is 0 Å². The van der Waals surface area contributed by atoms with E-state index in [1.54, 1.807) is 12.1 Å². The van der Waals surface area contributed by atoms with E-state index in [9.17, 15) is 14.0 Å². The van der Waals surface area contributed by atoms with Gasteiger partial charge in [0.2, 0.25) is 5.91 Å². The van der Waals surface area contributed by atoms with Gasteiger partial charge in [0, 0.05) is 24.3 Å². The number of benzene rings is 2. The average Bonchev–Trinajstić information content (AvgIpc) is 2.86. The lowest BCUT2D eigenvalue weighted by Gasteiger charge is -2.17. The van der Waals surface area contributed by atoms with E-state index < -0.39 is 5.82 Å². The van der Waals surface area contributed by atoms with E-state index in [-0.39, 0.29) is 24.4 Å². The number of halogens is 1. The number of carbonyl (C=O) groups excluding carboxylic acids is 2. The molecule has 3 rings (SSSR count). The van der Waals surface area contributed by atoms with E-state index in [2.05, 4.69) is 10.6 Å². The monoisotopic (exact) mass is 341 g/mol. The van der Waals surface area contributed by atoms with Gasteiger partial charge in [0.1, 0.15) is 5.82 Å². The Morgan fingerprint density at radius 1 is 1.16 bits per heavy atom. The minimum absolute atomic E-state index is 0.137. The molecule has 1 heterocycles. The maximum Gasteiger partial charge on any atom is 0.319 e. The Bertz CT molecular complexity index is 802. The Hall–Kier alpha value is -2.89. The first kappa shape index (κ1) is 17.0. The molecule has 0 radical (unpaired) electrons. The molecule has 2 aromatic carbocycles. The first-order valence-electron chi connectivity index (χ1n) is 8.12. The van der Waals surface area contributed by atoms with Crippen molar-refractivity contribution in [2.75, 3.05) is 16.8 Å². The molecule has 0 aromatic heterocycles. The van der Waals surface area contributed by atoms with Crippen molar-refractivity contribution in [1.82, 2.24) is 5.32 Å². The first-order chi connectivity index (χ1) is 11.9. The van der Waals surface area contributed by atoms with Gasteiger partial charge in [-0.05, 0) is 55.3 Å². The summed E-state index contributed by atoms with van der Waals surface area (Å²) in [6.45, 7) is 4.24. The topological polar surface area (TPSA) is 61.4 Å². The van der Waals surface area contributed by atoms with E-state index in [1.165, 1.54) is 17.0 Å². The first-order valence-corrected chi connectivity index (χ1v) is 8.12. The zero-order valence-electron chi connectivity index (χ0n) is 14.2. The molecule has 1 aliphatic rings. The van der Waals surface area contributed by atoms with Crippen LogP contribution in [0, 0.1) is 19.7 Å². The number of carbonyl (C=O) groups is 2. The molecular formula is C19H20FN3O2. The van der Waals surface area contributed by atoms with Crippen LogP contribution >= 0.6 is 0 Å². The SMILES string of the molecule is Cc1cc(C)cc(NC(=O)NC2CC(=O)N(c3cccc(F)c3)C2)c1. The van der Waals surface area contributed by atoms with Gasteiger partial charge in [-0.25, -0.2) is 9.18 Å². The number of amides is 3. The lowest BCUT2D eigenvalue weighted by Crippen LogP contribution is -2.39. The van der Waals surface area contributed by atoms with Crippen LogP contribution in [-0.4, -0.2) is 24.5 Å². The Balaban J connectivity index is 1.62. The molecule has 1 unspecified atom stereocenters. The normalized spacial score (nSPS) is 16.8. The summed E-state index contributed by atoms with van der Waals surface area (Å²) in [5.41, 5.74) is 3.33. The van der Waals surface area contributed by atoms with Crippen LogP contribution in [0.1, 0.15) is 17.5 Å². The second-order valence-corrected chi connectivity index (χ2v) is 6.36. The molecule has 1 aliphatic heterocycles. The highest BCUT2D eigenvalue weighted by molar-refractivity contribution is 5.97. The van der Waals surface area contributed by atoms with Crippen molar-refractivity contribution in [3.05, 3.63) is 59.4 Å². The molecule has 0 bridgehead atoms. The predicted octanol–water partition coefficient (Wildman–Crippen LogP) is 3.37. The summed E-state index contributed by atoms with van der Waals surface area (Å²) in [6, 6.07) is 11.0. The van der Waals surface area contributed by atoms with Gasteiger partial charge in [-0.2, -0.15) is 0 Å². The Morgan fingerprint density at radius 2 is 1.88 bits per heavy atom. The molecule has 25 heavy (non-hydrogen) atoms. The second kappa shape index (κ2) is 6.93. The summed E-state index contributed by atoms with van der Waals surface area (Å²) in [5.74, 6) is -0.531. The predicted molar refractivity (Wildman–Crippen MR) is 95.2 cm³/mol. The lowest BCUT2D eigenvalue weighted by molar-refractivity contribution is -0.117. The van der Waals surface area contributed by atoms with Crippen LogP contribution < -0.4 is 15.5 Å². The zero-order chi connectivity index (χ0) is 18.0. The van der Waals surface area contributed by atoms with Gasteiger partial charge >= 0.3 is 6.03 Å². The summed E-state index contributed by atoms with van der Waals surface area (Å²) in [4.78, 5) is 25.8. The second-order valence-electron chi connectivity index (χ2n) is 6.36. The van der Waals surface area contributed by atoms with Gasteiger partial charge < -0.3 is 15.5 Å². The van der Waals surface area contributed by atoms with Crippen molar-refractivity contribution < 1.29 is 14.0 Å². The molecule has 130 valence electrons. The van der Waals surface area contributed by atoms with Gasteiger partial charge in [0.05, 0.1) is 6.04 Å². The van der Waals surface area contributed by atoms with Crippen molar-refractivity contribution in [1.29, 1.82) is 0 Å². The molecule has 6 heteroatoms. The fraction of sp³-hybridized carbons (Fsp3) is 0.263. The van der Waals surface area contributed by atoms with Crippen molar-refractivity contribution in [3.8, 4) is 0 Å². The number of rotatable bonds is 3. The Kier molecular flexibility index (Phi) is 4.70. The smallest absolute Gasteiger partial charge is 0.319 e. The fourth-order valence-electron chi connectivity index (χ4n) is 3.10. The van der Waals surface area contributed by atoms with Crippen molar-refractivity contribution in [2.24, 2.45) is 0 Å². The minimum Gasteiger partial charge on any atom is -0.333 e. The zero-order valence-corrected chi connectivity index (χ0v) is 14.2. The van der Waals surface area contributed by atoms with Gasteiger partial charge in [-0.1, -0.05) is 12.1 Å². The van der Waals surface area contributed by atoms with Crippen molar-refractivity contribution >= 4 is 23.3 Å². The van der Waals surface area contributed by atoms with Gasteiger partial charge in [0.15, 0.2) is 0 Å². The fourth-order valence-corrected chi connectivity index (χ4v) is 3.10. The van der Waals surface area contributed by atoms with E-state index in [0.29, 0.717) is 17.9 Å². The van der Waals surface area contributed by atoms with Crippen molar-refractivity contribution in [2.45, 2.75) is 26.3 Å². The van der Waals surface area contributed by atoms with Crippen LogP contribution in [0.5, 0.6) is 0 Å². The molecule has 0 spiro atoms. The summed E-state index contributed by atoms with van der Waals surface area (Å²) in [5, 5.41) is 5.59. The van der Waals surface area contributed by atoms with Crippen LogP contribution in [-0.2, 0) is 4.79 Å². The lowest BCUT2D eigenvalue weighted by atomic mass is 10.1.